The predicted octanol–water partition coefficient (Wildman–Crippen LogP) is 2.94. The van der Waals surface area contributed by atoms with Gasteiger partial charge in [0.25, 0.3) is 0 Å². The number of rotatable bonds is 7. The molecule has 0 saturated carbocycles. The molecule has 0 bridgehead atoms. The van der Waals surface area contributed by atoms with Crippen molar-refractivity contribution in [3.05, 3.63) is 11.4 Å². The third kappa shape index (κ3) is 5.20. The van der Waals surface area contributed by atoms with Crippen LogP contribution in [0.5, 0.6) is 0 Å². The van der Waals surface area contributed by atoms with Crippen LogP contribution in [0.2, 0.25) is 0 Å². The van der Waals surface area contributed by atoms with Crippen molar-refractivity contribution in [1.82, 2.24) is 10.4 Å². The average molecular weight is 231 g/mol. The molecule has 0 rings (SSSR count). The summed E-state index contributed by atoms with van der Waals surface area (Å²) < 4.78 is 0. The summed E-state index contributed by atoms with van der Waals surface area (Å²) in [7, 11) is 0. The van der Waals surface area contributed by atoms with Crippen LogP contribution in [0.3, 0.4) is 0 Å². The summed E-state index contributed by atoms with van der Waals surface area (Å²) in [6, 6.07) is 0. The molecule has 0 radical (unpaired) electrons. The standard InChI is InChI=1S/C10H25N5O/c1-7-9(3,4)14(11)13-15(12)16-10(5,6)8-2/h12H,7-8,11H2,1-6H3/q-2. The van der Waals surface area contributed by atoms with Gasteiger partial charge in [-0.15, -0.1) is 0 Å². The van der Waals surface area contributed by atoms with E-state index >= 15 is 0 Å². The maximum Gasteiger partial charge on any atom is 0.0803 e. The van der Waals surface area contributed by atoms with Gasteiger partial charge >= 0.3 is 0 Å². The van der Waals surface area contributed by atoms with Crippen LogP contribution in [0, 0.1) is 0 Å². The van der Waals surface area contributed by atoms with E-state index in [0.717, 1.165) is 12.8 Å². The van der Waals surface area contributed by atoms with Gasteiger partial charge in [-0.3, -0.25) is 5.84 Å². The number of hydrogen-bond acceptors (Lipinski definition) is 4. The van der Waals surface area contributed by atoms with Crippen LogP contribution >= 0.6 is 0 Å². The van der Waals surface area contributed by atoms with Gasteiger partial charge < -0.3 is 26.6 Å². The molecule has 0 heterocycles. The fourth-order valence-corrected chi connectivity index (χ4v) is 0.687. The van der Waals surface area contributed by atoms with Crippen molar-refractivity contribution in [2.75, 3.05) is 0 Å². The molecule has 98 valence electrons. The van der Waals surface area contributed by atoms with E-state index in [1.54, 1.807) is 0 Å². The van der Waals surface area contributed by atoms with Crippen LogP contribution < -0.4 is 5.84 Å². The topological polar surface area (TPSA) is 79.6 Å². The minimum atomic E-state index is -0.414. The molecule has 0 atom stereocenters. The second kappa shape index (κ2) is 5.90. The average Bonchev–Trinajstić information content (AvgIpc) is 2.16. The molecule has 0 amide bonds. The monoisotopic (exact) mass is 231 g/mol. The Morgan fingerprint density at radius 2 is 1.69 bits per heavy atom. The Balaban J connectivity index is 4.20. The molecule has 0 saturated heterocycles. The Bertz CT molecular complexity index is 207. The summed E-state index contributed by atoms with van der Waals surface area (Å²) in [6.07, 6.45) is 1.62. The van der Waals surface area contributed by atoms with E-state index in [9.17, 15) is 0 Å². The van der Waals surface area contributed by atoms with E-state index in [0.29, 0.717) is 5.28 Å². The Hall–Kier alpha value is -0.240. The van der Waals surface area contributed by atoms with Gasteiger partial charge in [-0.25, -0.2) is 0 Å². The Kier molecular flexibility index (Phi) is 5.81. The molecule has 0 aliphatic carbocycles. The third-order valence-electron chi connectivity index (χ3n) is 2.85. The normalized spacial score (nSPS) is 13.9. The van der Waals surface area contributed by atoms with E-state index in [1.807, 2.05) is 41.5 Å². The molecular formula is C10H25N5O-2. The van der Waals surface area contributed by atoms with Gasteiger partial charge in [0.15, 0.2) is 0 Å². The van der Waals surface area contributed by atoms with Gasteiger partial charge in [0.2, 0.25) is 0 Å². The van der Waals surface area contributed by atoms with Crippen LogP contribution in [0.4, 0.5) is 0 Å². The van der Waals surface area contributed by atoms with E-state index in [2.05, 4.69) is 5.53 Å². The molecule has 0 aromatic carbocycles. The molecule has 6 heteroatoms. The maximum atomic E-state index is 7.54. The zero-order chi connectivity index (χ0) is 13.0. The van der Waals surface area contributed by atoms with Crippen molar-refractivity contribution in [3.8, 4) is 0 Å². The fourth-order valence-electron chi connectivity index (χ4n) is 0.687. The largest absolute Gasteiger partial charge is 0.603 e. The summed E-state index contributed by atoms with van der Waals surface area (Å²) in [4.78, 5) is 5.31. The lowest BCUT2D eigenvalue weighted by atomic mass is 10.0. The molecule has 0 spiro atoms. The van der Waals surface area contributed by atoms with Crippen molar-refractivity contribution < 1.29 is 4.84 Å². The summed E-state index contributed by atoms with van der Waals surface area (Å²) in [5.74, 6) is 13.3. The van der Waals surface area contributed by atoms with Crippen LogP contribution in [-0.2, 0) is 4.84 Å². The second-order valence-corrected chi connectivity index (χ2v) is 5.08. The highest BCUT2D eigenvalue weighted by Gasteiger charge is 2.17. The fraction of sp³-hybridized carbons (Fsp3) is 1.00. The molecule has 6 nitrogen and oxygen atoms in total. The van der Waals surface area contributed by atoms with Crippen molar-refractivity contribution in [2.45, 2.75) is 65.5 Å². The summed E-state index contributed by atoms with van der Waals surface area (Å²) in [5.41, 5.74) is 3.13. The number of nitrogens with zero attached hydrogens (tertiary/aromatic N) is 3. The highest BCUT2D eigenvalue weighted by atomic mass is 16.8. The lowest BCUT2D eigenvalue weighted by Gasteiger charge is -2.54. The minimum absolute atomic E-state index is 0.293. The Morgan fingerprint density at radius 3 is 2.06 bits per heavy atom. The number of nitrogens with two attached hydrogens (primary N) is 1. The van der Waals surface area contributed by atoms with Crippen LogP contribution in [-0.4, -0.2) is 21.5 Å². The molecule has 3 N–H and O–H groups in total. The first-order chi connectivity index (χ1) is 7.14. The highest BCUT2D eigenvalue weighted by Crippen LogP contribution is 2.22. The first-order valence-corrected chi connectivity index (χ1v) is 5.61. The maximum absolute atomic E-state index is 7.54. The van der Waals surface area contributed by atoms with Crippen molar-refractivity contribution in [1.29, 1.82) is 0 Å². The zero-order valence-corrected chi connectivity index (χ0v) is 11.2. The number of hydrogen-bond donors (Lipinski definition) is 1. The minimum Gasteiger partial charge on any atom is -0.603 e. The highest BCUT2D eigenvalue weighted by molar-refractivity contribution is 4.82. The third-order valence-corrected chi connectivity index (χ3v) is 2.85. The Labute approximate surface area is 98.7 Å². The van der Waals surface area contributed by atoms with Crippen LogP contribution in [0.1, 0.15) is 54.4 Å². The van der Waals surface area contributed by atoms with E-state index in [-0.39, 0.29) is 5.54 Å². The first-order valence-electron chi connectivity index (χ1n) is 5.61. The molecule has 16 heavy (non-hydrogen) atoms. The SMILES string of the molecule is CCC(C)(C)ON([NH-])[N-]N(N)C(C)(C)CC. The second-order valence-electron chi connectivity index (χ2n) is 5.08. The van der Waals surface area contributed by atoms with Gasteiger partial charge in [-0.05, 0) is 40.5 Å². The molecule has 0 fully saturated rings. The smallest absolute Gasteiger partial charge is 0.0803 e. The molecule has 0 aliphatic rings. The molecule has 0 aromatic heterocycles. The quantitative estimate of drug-likeness (QED) is 0.539. The number of nitrogens with one attached hydrogen (secondary N) is 1. The van der Waals surface area contributed by atoms with Gasteiger partial charge in [0, 0.05) is 5.54 Å². The van der Waals surface area contributed by atoms with Crippen LogP contribution in [0.25, 0.3) is 11.4 Å². The zero-order valence-electron chi connectivity index (χ0n) is 11.2. The summed E-state index contributed by atoms with van der Waals surface area (Å²) in [5, 5.41) is 1.94. The molecular weight excluding hydrogens is 206 g/mol. The van der Waals surface area contributed by atoms with Gasteiger partial charge in [-0.1, -0.05) is 13.8 Å². The predicted molar refractivity (Wildman–Crippen MR) is 65.4 cm³/mol. The van der Waals surface area contributed by atoms with Crippen LogP contribution in [0.15, 0.2) is 0 Å². The van der Waals surface area contributed by atoms with E-state index in [1.165, 1.54) is 5.12 Å². The molecule has 0 aromatic rings. The van der Waals surface area contributed by atoms with Gasteiger partial charge in [-0.2, -0.15) is 0 Å². The first kappa shape index (κ1) is 15.8. The van der Waals surface area contributed by atoms with Gasteiger partial charge in [0.05, 0.1) is 5.60 Å². The van der Waals surface area contributed by atoms with E-state index < -0.39 is 5.60 Å². The molecule has 0 aliphatic heterocycles. The lowest BCUT2D eigenvalue weighted by Crippen LogP contribution is -2.48. The Morgan fingerprint density at radius 1 is 1.19 bits per heavy atom. The number of hydrazine groups is 1. The lowest BCUT2D eigenvalue weighted by molar-refractivity contribution is -0.203. The van der Waals surface area contributed by atoms with Crippen molar-refractivity contribution >= 4 is 0 Å². The van der Waals surface area contributed by atoms with E-state index in [4.69, 9.17) is 16.5 Å². The van der Waals surface area contributed by atoms with Crippen molar-refractivity contribution in [2.24, 2.45) is 5.84 Å². The van der Waals surface area contributed by atoms with Crippen molar-refractivity contribution in [3.63, 3.8) is 0 Å². The molecule has 0 unspecified atom stereocenters. The summed E-state index contributed by atoms with van der Waals surface area (Å²) >= 11 is 0. The summed E-state index contributed by atoms with van der Waals surface area (Å²) in [6.45, 7) is 11.7. The van der Waals surface area contributed by atoms with Gasteiger partial charge in [0.1, 0.15) is 0 Å².